The summed E-state index contributed by atoms with van der Waals surface area (Å²) >= 11 is 7.68. The Hall–Kier alpha value is -4.18. The van der Waals surface area contributed by atoms with E-state index in [1.54, 1.807) is 18.3 Å². The number of carboxylic acid groups (broad SMARTS) is 1. The fourth-order valence-electron chi connectivity index (χ4n) is 5.07. The van der Waals surface area contributed by atoms with Gasteiger partial charge in [0.2, 0.25) is 0 Å². The van der Waals surface area contributed by atoms with Crippen LogP contribution in [0.1, 0.15) is 38.0 Å². The van der Waals surface area contributed by atoms with Gasteiger partial charge in [0.25, 0.3) is 0 Å². The number of hydrogen-bond acceptors (Lipinski definition) is 7. The van der Waals surface area contributed by atoms with Crippen LogP contribution in [0.15, 0.2) is 67.0 Å². The van der Waals surface area contributed by atoms with E-state index in [-0.39, 0.29) is 0 Å². The van der Waals surface area contributed by atoms with Crippen LogP contribution in [-0.4, -0.2) is 41.4 Å². The second-order valence-electron chi connectivity index (χ2n) is 11.1. The normalized spacial score (nSPS) is 12.7. The molecule has 0 radical (unpaired) electrons. The minimum absolute atomic E-state index is 0.580. The number of rotatable bonds is 6. The van der Waals surface area contributed by atoms with Crippen LogP contribution in [0.25, 0.3) is 54.3 Å². The van der Waals surface area contributed by atoms with E-state index < -0.39 is 17.7 Å². The van der Waals surface area contributed by atoms with E-state index in [4.69, 9.17) is 26.3 Å². The lowest BCUT2D eigenvalue weighted by molar-refractivity contribution is -0.160. The Kier molecular flexibility index (Phi) is 7.04. The van der Waals surface area contributed by atoms with Gasteiger partial charge < -0.3 is 9.84 Å². The number of nitrogens with zero attached hydrogens (tertiary/aromatic N) is 5. The Morgan fingerprint density at radius 2 is 1.79 bits per heavy atom. The molecule has 3 aromatic carbocycles. The van der Waals surface area contributed by atoms with Gasteiger partial charge in [0.05, 0.1) is 27.5 Å². The Bertz CT molecular complexity index is 1980. The summed E-state index contributed by atoms with van der Waals surface area (Å²) in [6, 6.07) is 17.2. The molecule has 6 aromatic rings. The average Bonchev–Trinajstić information content (AvgIpc) is 3.54. The first kappa shape index (κ1) is 28.0. The van der Waals surface area contributed by atoms with Crippen molar-refractivity contribution in [1.29, 1.82) is 0 Å². The highest BCUT2D eigenvalue weighted by atomic mass is 35.5. The highest BCUT2D eigenvalue weighted by Crippen LogP contribution is 2.44. The first-order valence-corrected chi connectivity index (χ1v) is 14.5. The van der Waals surface area contributed by atoms with Gasteiger partial charge in [-0.3, -0.25) is 4.68 Å². The van der Waals surface area contributed by atoms with Gasteiger partial charge in [-0.25, -0.2) is 19.7 Å². The summed E-state index contributed by atoms with van der Waals surface area (Å²) in [7, 11) is 1.91. The zero-order chi connectivity index (χ0) is 29.8. The van der Waals surface area contributed by atoms with Gasteiger partial charge in [0.1, 0.15) is 10.7 Å². The van der Waals surface area contributed by atoms with Crippen LogP contribution < -0.4 is 0 Å². The molecular formula is C32H28ClN5O3S. The first-order valence-electron chi connectivity index (χ1n) is 13.3. The van der Waals surface area contributed by atoms with Crippen molar-refractivity contribution in [3.8, 4) is 33.2 Å². The van der Waals surface area contributed by atoms with E-state index in [0.29, 0.717) is 27.1 Å². The molecule has 3 aromatic heterocycles. The van der Waals surface area contributed by atoms with E-state index >= 15 is 0 Å². The molecule has 8 nitrogen and oxygen atoms in total. The Morgan fingerprint density at radius 3 is 2.50 bits per heavy atom. The number of carbonyl (C=O) groups is 1. The van der Waals surface area contributed by atoms with Crippen molar-refractivity contribution < 1.29 is 14.6 Å². The first-order chi connectivity index (χ1) is 20.0. The second-order valence-corrected chi connectivity index (χ2v) is 12.5. The molecule has 0 saturated heterocycles. The fraction of sp³-hybridized carbons (Fsp3) is 0.219. The lowest BCUT2D eigenvalue weighted by Gasteiger charge is -2.28. The quantitative estimate of drug-likeness (QED) is 0.208. The lowest BCUT2D eigenvalue weighted by Crippen LogP contribution is -2.28. The van der Waals surface area contributed by atoms with Crippen LogP contribution in [0.2, 0.25) is 5.02 Å². The third-order valence-corrected chi connectivity index (χ3v) is 8.26. The summed E-state index contributed by atoms with van der Waals surface area (Å²) in [5.74, 6) is -0.477. The number of aromatic nitrogens is 5. The third kappa shape index (κ3) is 5.27. The molecule has 10 heteroatoms. The van der Waals surface area contributed by atoms with Crippen LogP contribution in [0.3, 0.4) is 0 Å². The monoisotopic (exact) mass is 597 g/mol. The van der Waals surface area contributed by atoms with Gasteiger partial charge >= 0.3 is 5.97 Å². The molecule has 0 unspecified atom stereocenters. The van der Waals surface area contributed by atoms with Crippen molar-refractivity contribution in [2.45, 2.75) is 39.4 Å². The maximum absolute atomic E-state index is 12.6. The smallest absolute Gasteiger partial charge is 0.337 e. The van der Waals surface area contributed by atoms with E-state index in [1.807, 2.05) is 88.1 Å². The largest absolute Gasteiger partial charge is 0.479 e. The summed E-state index contributed by atoms with van der Waals surface area (Å²) in [5, 5.41) is 16.9. The summed E-state index contributed by atoms with van der Waals surface area (Å²) < 4.78 is 8.79. The van der Waals surface area contributed by atoms with Gasteiger partial charge in [-0.15, -0.1) is 11.3 Å². The molecule has 0 fully saturated rings. The summed E-state index contributed by atoms with van der Waals surface area (Å²) in [6.45, 7) is 7.44. The highest BCUT2D eigenvalue weighted by molar-refractivity contribution is 7.22. The third-order valence-electron chi connectivity index (χ3n) is 6.90. The molecule has 6 rings (SSSR count). The highest BCUT2D eigenvalue weighted by Gasteiger charge is 2.32. The number of thiazole rings is 1. The molecule has 0 spiro atoms. The van der Waals surface area contributed by atoms with Crippen molar-refractivity contribution >= 4 is 50.0 Å². The van der Waals surface area contributed by atoms with E-state index in [1.165, 1.54) is 11.3 Å². The van der Waals surface area contributed by atoms with Gasteiger partial charge in [0, 0.05) is 40.3 Å². The van der Waals surface area contributed by atoms with Crippen molar-refractivity contribution in [2.24, 2.45) is 7.05 Å². The number of aryl methyl sites for hydroxylation is 2. The van der Waals surface area contributed by atoms with Crippen LogP contribution in [0.5, 0.6) is 0 Å². The van der Waals surface area contributed by atoms with Gasteiger partial charge in [-0.1, -0.05) is 23.7 Å². The maximum atomic E-state index is 12.6. The number of fused-ring (bicyclic) bond motifs is 2. The molecule has 212 valence electrons. The van der Waals surface area contributed by atoms with Crippen molar-refractivity contribution in [3.63, 3.8) is 0 Å². The SMILES string of the molecule is Cc1cc2nc(-c3ccnc(-c4ccc5c(cnn5C)c4)n3)sc2c(-c2ccc(Cl)cc2)c1[C@H](OC(C)(C)C)C(=O)O. The topological polar surface area (TPSA) is 103 Å². The zero-order valence-corrected chi connectivity index (χ0v) is 25.3. The molecule has 0 aliphatic rings. The van der Waals surface area contributed by atoms with Crippen molar-refractivity contribution in [2.75, 3.05) is 0 Å². The molecule has 42 heavy (non-hydrogen) atoms. The van der Waals surface area contributed by atoms with E-state index in [2.05, 4.69) is 10.1 Å². The lowest BCUT2D eigenvalue weighted by atomic mass is 9.91. The number of aliphatic carboxylic acids is 1. The van der Waals surface area contributed by atoms with Gasteiger partial charge in [-0.05, 0) is 81.3 Å². The second kappa shape index (κ2) is 10.6. The predicted octanol–water partition coefficient (Wildman–Crippen LogP) is 7.88. The Balaban J connectivity index is 1.53. The molecule has 0 amide bonds. The Morgan fingerprint density at radius 1 is 1.05 bits per heavy atom. The van der Waals surface area contributed by atoms with Crippen molar-refractivity contribution in [3.05, 3.63) is 83.1 Å². The summed E-state index contributed by atoms with van der Waals surface area (Å²) in [4.78, 5) is 27.0. The minimum Gasteiger partial charge on any atom is -0.479 e. The molecular weight excluding hydrogens is 570 g/mol. The maximum Gasteiger partial charge on any atom is 0.337 e. The molecule has 0 saturated carbocycles. The summed E-state index contributed by atoms with van der Waals surface area (Å²) in [5.41, 5.74) is 5.60. The number of halogens is 1. The number of ether oxygens (including phenoxy) is 1. The molecule has 0 aliphatic carbocycles. The molecule has 1 atom stereocenters. The number of hydrogen-bond donors (Lipinski definition) is 1. The number of benzene rings is 3. The van der Waals surface area contributed by atoms with Gasteiger partial charge in [-0.2, -0.15) is 5.10 Å². The van der Waals surface area contributed by atoms with E-state index in [9.17, 15) is 9.90 Å². The van der Waals surface area contributed by atoms with Gasteiger partial charge in [0.15, 0.2) is 11.9 Å². The molecule has 0 aliphatic heterocycles. The standard InChI is InChI=1S/C32H28ClN5O3S/c1-17-14-23-28(26(18-6-9-21(33)10-7-18)25(17)27(31(39)40)41-32(2,3)4)42-30(37-23)22-12-13-34-29(36-22)19-8-11-24-20(15-19)16-35-38(24)5/h6-16,27H,1-5H3,(H,39,40)/t27-/m0/s1. The predicted molar refractivity (Wildman–Crippen MR) is 167 cm³/mol. The van der Waals surface area contributed by atoms with Crippen molar-refractivity contribution in [1.82, 2.24) is 24.7 Å². The van der Waals surface area contributed by atoms with E-state index in [0.717, 1.165) is 43.4 Å². The fourth-order valence-corrected chi connectivity index (χ4v) is 6.29. The molecule has 1 N–H and O–H groups in total. The van der Waals surface area contributed by atoms with Crippen LogP contribution in [0, 0.1) is 6.92 Å². The van der Waals surface area contributed by atoms with Crippen LogP contribution in [0.4, 0.5) is 0 Å². The van der Waals surface area contributed by atoms with Crippen LogP contribution >= 0.6 is 22.9 Å². The zero-order valence-electron chi connectivity index (χ0n) is 23.7. The molecule has 0 bridgehead atoms. The summed E-state index contributed by atoms with van der Waals surface area (Å²) in [6.07, 6.45) is 2.37. The Labute approximate surface area is 251 Å². The minimum atomic E-state index is -1.18. The average molecular weight is 598 g/mol. The van der Waals surface area contributed by atoms with Crippen LogP contribution in [-0.2, 0) is 16.6 Å². The molecule has 3 heterocycles. The number of carboxylic acids is 1.